The zero-order valence-corrected chi connectivity index (χ0v) is 8.41. The van der Waals surface area contributed by atoms with E-state index in [0.717, 1.165) is 25.7 Å². The van der Waals surface area contributed by atoms with Gasteiger partial charge in [0.15, 0.2) is 0 Å². The monoisotopic (exact) mass is 201 g/mol. The molecule has 0 spiro atoms. The third-order valence-corrected chi connectivity index (χ3v) is 3.07. The van der Waals surface area contributed by atoms with Crippen LogP contribution < -0.4 is 5.73 Å². The Morgan fingerprint density at radius 2 is 2.21 bits per heavy atom. The number of aliphatic hydroxyl groups is 1. The molecule has 14 heavy (non-hydrogen) atoms. The van der Waals surface area contributed by atoms with Gasteiger partial charge in [0.25, 0.3) is 0 Å². The summed E-state index contributed by atoms with van der Waals surface area (Å²) in [6.07, 6.45) is 4.50. The maximum absolute atomic E-state index is 10.3. The van der Waals surface area contributed by atoms with E-state index in [-0.39, 0.29) is 6.42 Å². The molecule has 2 atom stereocenters. The van der Waals surface area contributed by atoms with Crippen molar-refractivity contribution in [3.8, 4) is 0 Å². The van der Waals surface area contributed by atoms with E-state index in [9.17, 15) is 9.90 Å². The van der Waals surface area contributed by atoms with Gasteiger partial charge in [0.05, 0.1) is 6.10 Å². The third-order valence-electron chi connectivity index (χ3n) is 3.07. The van der Waals surface area contributed by atoms with Crippen LogP contribution in [0.3, 0.4) is 0 Å². The second kappa shape index (κ2) is 4.75. The molecule has 0 aliphatic heterocycles. The summed E-state index contributed by atoms with van der Waals surface area (Å²) in [6.45, 7) is 0. The molecule has 1 fully saturated rings. The molecule has 1 aliphatic rings. The second-order valence-electron chi connectivity index (χ2n) is 4.24. The molecule has 4 N–H and O–H groups in total. The lowest BCUT2D eigenvalue weighted by Crippen LogP contribution is -2.52. The number of rotatable bonds is 4. The SMILES string of the molecule is N[C@]1(CCCC(=O)O)CCCC[C@@H]1O. The van der Waals surface area contributed by atoms with Crippen molar-refractivity contribution in [1.29, 1.82) is 0 Å². The van der Waals surface area contributed by atoms with E-state index in [1.54, 1.807) is 0 Å². The number of aliphatic carboxylic acids is 1. The highest BCUT2D eigenvalue weighted by molar-refractivity contribution is 5.66. The van der Waals surface area contributed by atoms with E-state index in [1.165, 1.54) is 0 Å². The quantitative estimate of drug-likeness (QED) is 0.630. The van der Waals surface area contributed by atoms with Crippen LogP contribution in [0, 0.1) is 0 Å². The summed E-state index contributed by atoms with van der Waals surface area (Å²) >= 11 is 0. The van der Waals surface area contributed by atoms with Crippen LogP contribution in [0.15, 0.2) is 0 Å². The third kappa shape index (κ3) is 2.96. The first kappa shape index (κ1) is 11.5. The largest absolute Gasteiger partial charge is 0.481 e. The van der Waals surface area contributed by atoms with E-state index in [0.29, 0.717) is 12.8 Å². The van der Waals surface area contributed by atoms with Gasteiger partial charge in [0.1, 0.15) is 0 Å². The van der Waals surface area contributed by atoms with Gasteiger partial charge < -0.3 is 15.9 Å². The Labute approximate surface area is 84.1 Å². The Bertz CT molecular complexity index is 208. The maximum atomic E-state index is 10.3. The lowest BCUT2D eigenvalue weighted by Gasteiger charge is -2.38. The van der Waals surface area contributed by atoms with Crippen molar-refractivity contribution < 1.29 is 15.0 Å². The molecule has 1 rings (SSSR count). The van der Waals surface area contributed by atoms with Crippen molar-refractivity contribution in [2.45, 2.75) is 56.6 Å². The van der Waals surface area contributed by atoms with Crippen LogP contribution in [0.25, 0.3) is 0 Å². The summed E-state index contributed by atoms with van der Waals surface area (Å²) in [5.74, 6) is -0.793. The highest BCUT2D eigenvalue weighted by Crippen LogP contribution is 2.30. The zero-order chi connectivity index (χ0) is 10.6. The van der Waals surface area contributed by atoms with Crippen LogP contribution in [0.2, 0.25) is 0 Å². The summed E-state index contributed by atoms with van der Waals surface area (Å²) in [5.41, 5.74) is 5.51. The first-order valence-corrected chi connectivity index (χ1v) is 5.23. The van der Waals surface area contributed by atoms with E-state index in [4.69, 9.17) is 10.8 Å². The molecular weight excluding hydrogens is 182 g/mol. The normalized spacial score (nSPS) is 32.9. The molecule has 1 aliphatic carbocycles. The van der Waals surface area contributed by atoms with Crippen molar-refractivity contribution in [3.63, 3.8) is 0 Å². The summed E-state index contributed by atoms with van der Waals surface area (Å²) in [7, 11) is 0. The fourth-order valence-corrected chi connectivity index (χ4v) is 2.11. The number of carboxylic acids is 1. The summed E-state index contributed by atoms with van der Waals surface area (Å²) in [4.78, 5) is 10.3. The standard InChI is InChI=1S/C10H19NO3/c11-10(7-3-5-9(13)14)6-2-1-4-8(10)12/h8,12H,1-7,11H2,(H,13,14)/t8-,10-/m0/s1. The van der Waals surface area contributed by atoms with Gasteiger partial charge >= 0.3 is 5.97 Å². The molecule has 0 bridgehead atoms. The van der Waals surface area contributed by atoms with Crippen LogP contribution in [-0.2, 0) is 4.79 Å². The zero-order valence-electron chi connectivity index (χ0n) is 8.41. The number of aliphatic hydroxyl groups excluding tert-OH is 1. The Hall–Kier alpha value is -0.610. The van der Waals surface area contributed by atoms with Gasteiger partial charge in [-0.05, 0) is 25.7 Å². The van der Waals surface area contributed by atoms with E-state index >= 15 is 0 Å². The minimum atomic E-state index is -0.793. The fraction of sp³-hybridized carbons (Fsp3) is 0.900. The Balaban J connectivity index is 2.35. The van der Waals surface area contributed by atoms with Crippen LogP contribution in [0.4, 0.5) is 0 Å². The minimum Gasteiger partial charge on any atom is -0.481 e. The summed E-state index contributed by atoms with van der Waals surface area (Å²) in [6, 6.07) is 0. The average Bonchev–Trinajstić information content (AvgIpc) is 2.10. The molecule has 0 aromatic rings. The summed E-state index contributed by atoms with van der Waals surface area (Å²) < 4.78 is 0. The van der Waals surface area contributed by atoms with E-state index in [1.807, 2.05) is 0 Å². The number of carboxylic acid groups (broad SMARTS) is 1. The number of hydrogen-bond acceptors (Lipinski definition) is 3. The van der Waals surface area contributed by atoms with Crippen molar-refractivity contribution in [1.82, 2.24) is 0 Å². The smallest absolute Gasteiger partial charge is 0.303 e. The lowest BCUT2D eigenvalue weighted by molar-refractivity contribution is -0.137. The molecule has 0 radical (unpaired) electrons. The molecule has 0 amide bonds. The molecule has 0 heterocycles. The van der Waals surface area contributed by atoms with Crippen molar-refractivity contribution in [2.75, 3.05) is 0 Å². The van der Waals surface area contributed by atoms with Crippen LogP contribution in [0.5, 0.6) is 0 Å². The van der Waals surface area contributed by atoms with Gasteiger partial charge in [-0.15, -0.1) is 0 Å². The van der Waals surface area contributed by atoms with Gasteiger partial charge in [-0.2, -0.15) is 0 Å². The summed E-state index contributed by atoms with van der Waals surface area (Å²) in [5, 5.41) is 18.2. The molecular formula is C10H19NO3. The Morgan fingerprint density at radius 1 is 1.50 bits per heavy atom. The van der Waals surface area contributed by atoms with Crippen molar-refractivity contribution >= 4 is 5.97 Å². The van der Waals surface area contributed by atoms with Gasteiger partial charge in [-0.1, -0.05) is 12.8 Å². The molecule has 1 saturated carbocycles. The van der Waals surface area contributed by atoms with E-state index in [2.05, 4.69) is 0 Å². The Morgan fingerprint density at radius 3 is 2.79 bits per heavy atom. The second-order valence-corrected chi connectivity index (χ2v) is 4.24. The predicted molar refractivity (Wildman–Crippen MR) is 52.9 cm³/mol. The van der Waals surface area contributed by atoms with Crippen molar-refractivity contribution in [2.24, 2.45) is 5.73 Å². The van der Waals surface area contributed by atoms with Crippen LogP contribution in [-0.4, -0.2) is 27.8 Å². The van der Waals surface area contributed by atoms with Gasteiger partial charge in [0.2, 0.25) is 0 Å². The van der Waals surface area contributed by atoms with Crippen LogP contribution >= 0.6 is 0 Å². The molecule has 4 heteroatoms. The fourth-order valence-electron chi connectivity index (χ4n) is 2.11. The number of hydrogen-bond donors (Lipinski definition) is 3. The lowest BCUT2D eigenvalue weighted by atomic mass is 9.77. The van der Waals surface area contributed by atoms with Gasteiger partial charge in [0, 0.05) is 12.0 Å². The van der Waals surface area contributed by atoms with Gasteiger partial charge in [-0.3, -0.25) is 4.79 Å². The maximum Gasteiger partial charge on any atom is 0.303 e. The minimum absolute atomic E-state index is 0.145. The van der Waals surface area contributed by atoms with Crippen LogP contribution in [0.1, 0.15) is 44.9 Å². The molecule has 0 aromatic carbocycles. The first-order chi connectivity index (χ1) is 6.54. The number of carbonyl (C=O) groups is 1. The Kier molecular flexibility index (Phi) is 3.89. The van der Waals surface area contributed by atoms with E-state index < -0.39 is 17.6 Å². The predicted octanol–water partition coefficient (Wildman–Crippen LogP) is 0.874. The molecule has 0 unspecified atom stereocenters. The molecule has 0 saturated heterocycles. The molecule has 0 aromatic heterocycles. The van der Waals surface area contributed by atoms with Gasteiger partial charge in [-0.25, -0.2) is 0 Å². The topological polar surface area (TPSA) is 83.6 Å². The molecule has 4 nitrogen and oxygen atoms in total. The highest BCUT2D eigenvalue weighted by Gasteiger charge is 2.35. The first-order valence-electron chi connectivity index (χ1n) is 5.23. The number of nitrogens with two attached hydrogens (primary N) is 1. The highest BCUT2D eigenvalue weighted by atomic mass is 16.4. The molecule has 82 valence electrons. The van der Waals surface area contributed by atoms with Crippen molar-refractivity contribution in [3.05, 3.63) is 0 Å². The average molecular weight is 201 g/mol.